The van der Waals surface area contributed by atoms with Gasteiger partial charge >= 0.3 is 5.96 Å². The first kappa shape index (κ1) is 16.2. The van der Waals surface area contributed by atoms with Gasteiger partial charge in [-0.25, -0.2) is 0 Å². The quantitative estimate of drug-likeness (QED) is 0.672. The molecule has 1 aromatic carbocycles. The van der Waals surface area contributed by atoms with E-state index in [4.69, 9.17) is 0 Å². The second-order valence-corrected chi connectivity index (χ2v) is 6.71. The van der Waals surface area contributed by atoms with E-state index in [1.165, 1.54) is 16.9 Å². The fraction of sp³-hybridized carbons (Fsp3) is 0.312. The number of hydrogen-bond donors (Lipinski definition) is 1. The number of nitrogens with one attached hydrogen (secondary N) is 1. The lowest BCUT2D eigenvalue weighted by Gasteiger charge is -2.32. The molecule has 0 spiro atoms. The molecular formula is C16H18ClN5S. The fourth-order valence-corrected chi connectivity index (χ4v) is 3.92. The van der Waals surface area contributed by atoms with Crippen molar-refractivity contribution in [2.75, 3.05) is 24.6 Å². The summed E-state index contributed by atoms with van der Waals surface area (Å²) in [7, 11) is 0. The molecule has 3 aliphatic rings. The van der Waals surface area contributed by atoms with E-state index in [0.29, 0.717) is 0 Å². The number of aliphatic imine (C=N–C) groups is 2. The highest BCUT2D eigenvalue weighted by molar-refractivity contribution is 7.99. The maximum absolute atomic E-state index is 4.51. The second kappa shape index (κ2) is 6.86. The molecule has 0 aromatic heterocycles. The summed E-state index contributed by atoms with van der Waals surface area (Å²) >= 11 is 2.01. The zero-order valence-electron chi connectivity index (χ0n) is 12.9. The Labute approximate surface area is 146 Å². The maximum atomic E-state index is 4.51. The highest BCUT2D eigenvalue weighted by atomic mass is 35.5. The fourth-order valence-electron chi connectivity index (χ4n) is 3.02. The highest BCUT2D eigenvalue weighted by Gasteiger charge is 2.37. The number of nitrogens with zero attached hydrogens (tertiary/aromatic N) is 4. The number of fused-ring (bicyclic) bond motifs is 1. The Morgan fingerprint density at radius 2 is 1.96 bits per heavy atom. The third-order valence-electron chi connectivity index (χ3n) is 4.14. The van der Waals surface area contributed by atoms with Crippen molar-refractivity contribution >= 4 is 35.8 Å². The smallest absolute Gasteiger partial charge is 0.362 e. The van der Waals surface area contributed by atoms with Gasteiger partial charge in [-0.15, -0.1) is 0 Å². The molecule has 0 saturated carbocycles. The van der Waals surface area contributed by atoms with E-state index in [-0.39, 0.29) is 12.4 Å². The van der Waals surface area contributed by atoms with Crippen molar-refractivity contribution in [2.45, 2.75) is 6.92 Å². The van der Waals surface area contributed by atoms with Crippen LogP contribution in [0.25, 0.3) is 5.57 Å². The molecule has 0 amide bonds. The van der Waals surface area contributed by atoms with Gasteiger partial charge in [-0.05, 0) is 18.1 Å². The van der Waals surface area contributed by atoms with Gasteiger partial charge in [-0.1, -0.05) is 34.4 Å². The van der Waals surface area contributed by atoms with Gasteiger partial charge < -0.3 is 17.3 Å². The van der Waals surface area contributed by atoms with Crippen LogP contribution in [0, 0.1) is 6.92 Å². The SMILES string of the molecule is Cc1ccccc1C1=C(N2CCSCC2)[NH+]2N=CN=C2N=C1.[Cl-]. The van der Waals surface area contributed by atoms with E-state index < -0.39 is 0 Å². The summed E-state index contributed by atoms with van der Waals surface area (Å²) in [4.78, 5) is 11.2. The minimum absolute atomic E-state index is 0. The van der Waals surface area contributed by atoms with Crippen molar-refractivity contribution in [2.24, 2.45) is 15.1 Å². The summed E-state index contributed by atoms with van der Waals surface area (Å²) < 4.78 is 0. The van der Waals surface area contributed by atoms with Crippen LogP contribution in [0.4, 0.5) is 0 Å². The number of benzene rings is 1. The third-order valence-corrected chi connectivity index (χ3v) is 5.08. The summed E-state index contributed by atoms with van der Waals surface area (Å²) in [6.45, 7) is 4.25. The zero-order valence-corrected chi connectivity index (χ0v) is 14.4. The summed E-state index contributed by atoms with van der Waals surface area (Å²) in [5, 5.41) is 5.41. The first-order chi connectivity index (χ1) is 10.8. The molecule has 23 heavy (non-hydrogen) atoms. The predicted octanol–water partition coefficient (Wildman–Crippen LogP) is -2.00. The molecular weight excluding hydrogens is 330 g/mol. The van der Waals surface area contributed by atoms with Crippen LogP contribution in [0.2, 0.25) is 0 Å². The average Bonchev–Trinajstić information content (AvgIpc) is 3.04. The van der Waals surface area contributed by atoms with Crippen LogP contribution in [0.1, 0.15) is 11.1 Å². The van der Waals surface area contributed by atoms with E-state index in [9.17, 15) is 0 Å². The molecule has 0 radical (unpaired) electrons. The molecule has 0 aliphatic carbocycles. The Morgan fingerprint density at radius 3 is 2.74 bits per heavy atom. The number of guanidine groups is 1. The van der Waals surface area contributed by atoms with Crippen molar-refractivity contribution in [3.63, 3.8) is 0 Å². The summed E-state index contributed by atoms with van der Waals surface area (Å²) in [6.07, 6.45) is 3.57. The molecule has 120 valence electrons. The number of quaternary nitrogens is 1. The van der Waals surface area contributed by atoms with Gasteiger partial charge in [0.1, 0.15) is 0 Å². The van der Waals surface area contributed by atoms with Gasteiger partial charge in [0.15, 0.2) is 6.34 Å². The Morgan fingerprint density at radius 1 is 1.17 bits per heavy atom. The second-order valence-electron chi connectivity index (χ2n) is 5.48. The van der Waals surface area contributed by atoms with Gasteiger partial charge in [0.05, 0.1) is 11.8 Å². The summed E-state index contributed by atoms with van der Waals surface area (Å²) in [5.74, 6) is 4.25. The Bertz CT molecular complexity index is 719. The van der Waals surface area contributed by atoms with Gasteiger partial charge in [0.2, 0.25) is 5.82 Å². The summed E-state index contributed by atoms with van der Waals surface area (Å²) in [6, 6.07) is 8.46. The molecule has 1 atom stereocenters. The molecule has 3 aliphatic heterocycles. The monoisotopic (exact) mass is 347 g/mol. The van der Waals surface area contributed by atoms with Crippen LogP contribution in [0.15, 0.2) is 45.2 Å². The minimum atomic E-state index is 0. The van der Waals surface area contributed by atoms with E-state index in [2.05, 4.69) is 51.2 Å². The summed E-state index contributed by atoms with van der Waals surface area (Å²) in [5.41, 5.74) is 3.65. The maximum Gasteiger partial charge on any atom is 0.362 e. The Kier molecular flexibility index (Phi) is 4.84. The molecule has 3 heterocycles. The third kappa shape index (κ3) is 2.94. The molecule has 7 heteroatoms. The van der Waals surface area contributed by atoms with Crippen LogP contribution in [0.3, 0.4) is 0 Å². The first-order valence-electron chi connectivity index (χ1n) is 7.49. The molecule has 5 nitrogen and oxygen atoms in total. The van der Waals surface area contributed by atoms with E-state index in [0.717, 1.165) is 41.1 Å². The molecule has 1 fully saturated rings. The van der Waals surface area contributed by atoms with Crippen molar-refractivity contribution in [1.82, 2.24) is 4.90 Å². The van der Waals surface area contributed by atoms with Crippen molar-refractivity contribution in [1.29, 1.82) is 0 Å². The van der Waals surface area contributed by atoms with Gasteiger partial charge in [0.25, 0.3) is 0 Å². The van der Waals surface area contributed by atoms with E-state index >= 15 is 0 Å². The minimum Gasteiger partial charge on any atom is -1.00 e. The van der Waals surface area contributed by atoms with Crippen LogP contribution in [-0.4, -0.2) is 48.0 Å². The number of allylic oxidation sites excluding steroid dienone is 1. The number of aryl methyl sites for hydroxylation is 1. The van der Waals surface area contributed by atoms with Gasteiger partial charge in [0, 0.05) is 24.6 Å². The van der Waals surface area contributed by atoms with Crippen LogP contribution in [-0.2, 0) is 0 Å². The molecule has 1 aromatic rings. The number of hydrogen-bond acceptors (Lipinski definition) is 5. The molecule has 4 rings (SSSR count). The molecule has 1 saturated heterocycles. The lowest BCUT2D eigenvalue weighted by Crippen LogP contribution is -3.09. The molecule has 0 bridgehead atoms. The van der Waals surface area contributed by atoms with E-state index in [1.54, 1.807) is 6.34 Å². The topological polar surface area (TPSA) is 44.8 Å². The standard InChI is InChI=1S/C16H17N5S.ClH/c1-12-4-2-3-5-13(12)14-10-17-16-18-11-19-21(16)15(14)20-6-8-22-9-7-20;/h2-5,10-11H,6-9H2,1H3;1H. The van der Waals surface area contributed by atoms with Crippen LogP contribution >= 0.6 is 11.8 Å². The Balaban J connectivity index is 0.00000156. The Hall–Kier alpha value is -1.63. The molecule has 1 N–H and O–H groups in total. The normalized spacial score (nSPS) is 22.7. The number of thioether (sulfide) groups is 1. The number of halogens is 1. The highest BCUT2D eigenvalue weighted by Crippen LogP contribution is 2.24. The first-order valence-corrected chi connectivity index (χ1v) is 8.65. The lowest BCUT2D eigenvalue weighted by molar-refractivity contribution is -0.778. The number of rotatable bonds is 2. The van der Waals surface area contributed by atoms with Gasteiger partial charge in [-0.2, -0.15) is 21.7 Å². The van der Waals surface area contributed by atoms with Crippen LogP contribution in [0.5, 0.6) is 0 Å². The van der Waals surface area contributed by atoms with Crippen LogP contribution < -0.4 is 17.4 Å². The average molecular weight is 348 g/mol. The van der Waals surface area contributed by atoms with Crippen molar-refractivity contribution in [3.8, 4) is 0 Å². The zero-order chi connectivity index (χ0) is 14.9. The predicted molar refractivity (Wildman–Crippen MR) is 92.4 cm³/mol. The molecule has 1 unspecified atom stereocenters. The van der Waals surface area contributed by atoms with Crippen molar-refractivity contribution in [3.05, 3.63) is 41.2 Å². The van der Waals surface area contributed by atoms with Gasteiger partial charge in [-0.3, -0.25) is 0 Å². The largest absolute Gasteiger partial charge is 1.00 e. The van der Waals surface area contributed by atoms with Crippen molar-refractivity contribution < 1.29 is 17.4 Å². The lowest BCUT2D eigenvalue weighted by atomic mass is 10.00. The van der Waals surface area contributed by atoms with E-state index in [1.807, 2.05) is 18.0 Å².